The van der Waals surface area contributed by atoms with Crippen LogP contribution in [0.3, 0.4) is 0 Å². The second kappa shape index (κ2) is 7.03. The molecule has 1 heterocycles. The molecule has 0 amide bonds. The lowest BCUT2D eigenvalue weighted by Crippen LogP contribution is -2.03. The normalized spacial score (nSPS) is 10.5. The van der Waals surface area contributed by atoms with E-state index in [1.807, 2.05) is 6.92 Å². The van der Waals surface area contributed by atoms with Gasteiger partial charge in [-0.1, -0.05) is 41.4 Å². The Labute approximate surface area is 148 Å². The highest BCUT2D eigenvalue weighted by Crippen LogP contribution is 2.32. The van der Waals surface area contributed by atoms with Crippen LogP contribution in [-0.2, 0) is 0 Å². The third-order valence-corrected chi connectivity index (χ3v) is 3.82. The summed E-state index contributed by atoms with van der Waals surface area (Å²) in [6.45, 7) is 1.81. The van der Waals surface area contributed by atoms with E-state index in [1.165, 1.54) is 6.07 Å². The van der Waals surface area contributed by atoms with Crippen molar-refractivity contribution in [2.45, 2.75) is 6.92 Å². The van der Waals surface area contributed by atoms with Crippen LogP contribution >= 0.6 is 23.2 Å². The summed E-state index contributed by atoms with van der Waals surface area (Å²) in [7, 11) is 0. The molecule has 0 bridgehead atoms. The topological polar surface area (TPSA) is 49.8 Å². The standard InChI is InChI=1S/C17H13Cl2FN4/c1-10-9-15(23-16-11(18)5-4-6-12(16)19)24-17(21-10)22-14-8-3-2-7-13(14)20/h2-9H,1H3,(H2,21,22,23,24). The minimum atomic E-state index is -0.383. The highest BCUT2D eigenvalue weighted by molar-refractivity contribution is 6.39. The molecule has 0 radical (unpaired) electrons. The van der Waals surface area contributed by atoms with Gasteiger partial charge in [0, 0.05) is 11.8 Å². The fourth-order valence-electron chi connectivity index (χ4n) is 2.12. The highest BCUT2D eigenvalue weighted by atomic mass is 35.5. The number of rotatable bonds is 4. The average Bonchev–Trinajstić information content (AvgIpc) is 2.53. The van der Waals surface area contributed by atoms with Gasteiger partial charge in [-0.2, -0.15) is 4.98 Å². The van der Waals surface area contributed by atoms with E-state index in [1.54, 1.807) is 42.5 Å². The molecule has 0 aliphatic heterocycles. The smallest absolute Gasteiger partial charge is 0.229 e. The number of halogens is 3. The molecule has 0 fully saturated rings. The van der Waals surface area contributed by atoms with Crippen molar-refractivity contribution in [1.82, 2.24) is 9.97 Å². The predicted molar refractivity (Wildman–Crippen MR) is 96.2 cm³/mol. The maximum Gasteiger partial charge on any atom is 0.229 e. The van der Waals surface area contributed by atoms with Crippen LogP contribution in [-0.4, -0.2) is 9.97 Å². The zero-order valence-electron chi connectivity index (χ0n) is 12.6. The van der Waals surface area contributed by atoms with E-state index in [-0.39, 0.29) is 11.8 Å². The van der Waals surface area contributed by atoms with Crippen molar-refractivity contribution >= 4 is 46.3 Å². The number of aryl methyl sites for hydroxylation is 1. The second-order valence-corrected chi connectivity index (χ2v) is 5.86. The zero-order chi connectivity index (χ0) is 17.1. The fraction of sp³-hybridized carbons (Fsp3) is 0.0588. The summed E-state index contributed by atoms with van der Waals surface area (Å²) in [6, 6.07) is 13.3. The van der Waals surface area contributed by atoms with Crippen LogP contribution in [0.15, 0.2) is 48.5 Å². The first kappa shape index (κ1) is 16.5. The summed E-state index contributed by atoms with van der Waals surface area (Å²) in [5.74, 6) is 0.383. The van der Waals surface area contributed by atoms with Crippen molar-refractivity contribution in [3.8, 4) is 0 Å². The van der Waals surface area contributed by atoms with Crippen molar-refractivity contribution in [3.63, 3.8) is 0 Å². The molecule has 0 aliphatic carbocycles. The molecular formula is C17H13Cl2FN4. The van der Waals surface area contributed by atoms with Gasteiger partial charge in [0.15, 0.2) is 0 Å². The van der Waals surface area contributed by atoms with E-state index in [4.69, 9.17) is 23.2 Å². The molecule has 0 aliphatic rings. The van der Waals surface area contributed by atoms with Crippen molar-refractivity contribution in [2.75, 3.05) is 10.6 Å². The van der Waals surface area contributed by atoms with Crippen LogP contribution in [0.1, 0.15) is 5.69 Å². The lowest BCUT2D eigenvalue weighted by molar-refractivity contribution is 0.631. The van der Waals surface area contributed by atoms with Crippen molar-refractivity contribution in [2.24, 2.45) is 0 Å². The number of aromatic nitrogens is 2. The molecule has 0 saturated carbocycles. The first-order valence-corrected chi connectivity index (χ1v) is 7.87. The summed E-state index contributed by atoms with van der Waals surface area (Å²) >= 11 is 12.3. The van der Waals surface area contributed by atoms with Crippen molar-refractivity contribution in [1.29, 1.82) is 0 Å². The van der Waals surface area contributed by atoms with Crippen LogP contribution in [0.25, 0.3) is 0 Å². The van der Waals surface area contributed by atoms with Crippen LogP contribution in [0.4, 0.5) is 27.5 Å². The molecule has 0 atom stereocenters. The Morgan fingerprint density at radius 1 is 0.917 bits per heavy atom. The minimum absolute atomic E-state index is 0.269. The minimum Gasteiger partial charge on any atom is -0.338 e. The summed E-state index contributed by atoms with van der Waals surface area (Å²) in [5.41, 5.74) is 1.55. The van der Waals surface area contributed by atoms with Crippen LogP contribution in [0.5, 0.6) is 0 Å². The highest BCUT2D eigenvalue weighted by Gasteiger charge is 2.09. The number of hydrogen-bond donors (Lipinski definition) is 2. The Morgan fingerprint density at radius 2 is 1.62 bits per heavy atom. The fourth-order valence-corrected chi connectivity index (χ4v) is 2.61. The number of hydrogen-bond acceptors (Lipinski definition) is 4. The quantitative estimate of drug-likeness (QED) is 0.623. The van der Waals surface area contributed by atoms with Crippen LogP contribution in [0.2, 0.25) is 10.0 Å². The molecule has 1 aromatic heterocycles. The summed E-state index contributed by atoms with van der Waals surface area (Å²) < 4.78 is 13.8. The number of nitrogens with one attached hydrogen (secondary N) is 2. The van der Waals surface area contributed by atoms with E-state index in [0.717, 1.165) is 0 Å². The van der Waals surface area contributed by atoms with Crippen molar-refractivity contribution in [3.05, 3.63) is 70.1 Å². The maximum absolute atomic E-state index is 13.8. The molecule has 122 valence electrons. The van der Waals surface area contributed by atoms with Crippen LogP contribution in [0, 0.1) is 12.7 Å². The van der Waals surface area contributed by atoms with Gasteiger partial charge in [-0.25, -0.2) is 9.37 Å². The maximum atomic E-state index is 13.8. The van der Waals surface area contributed by atoms with Gasteiger partial charge in [0.2, 0.25) is 5.95 Å². The summed E-state index contributed by atoms with van der Waals surface area (Å²) in [5, 5.41) is 6.89. The van der Waals surface area contributed by atoms with Gasteiger partial charge in [0.25, 0.3) is 0 Å². The van der Waals surface area contributed by atoms with Gasteiger partial charge in [-0.15, -0.1) is 0 Å². The van der Waals surface area contributed by atoms with E-state index in [9.17, 15) is 4.39 Å². The molecule has 0 saturated heterocycles. The van der Waals surface area contributed by atoms with Gasteiger partial charge >= 0.3 is 0 Å². The first-order chi connectivity index (χ1) is 11.5. The Balaban J connectivity index is 1.91. The summed E-state index contributed by atoms with van der Waals surface area (Å²) in [4.78, 5) is 8.59. The van der Waals surface area contributed by atoms with Gasteiger partial charge in [-0.3, -0.25) is 0 Å². The monoisotopic (exact) mass is 362 g/mol. The SMILES string of the molecule is Cc1cc(Nc2c(Cl)cccc2Cl)nc(Nc2ccccc2F)n1. The molecule has 2 aromatic carbocycles. The molecule has 3 aromatic rings. The molecule has 7 heteroatoms. The third-order valence-electron chi connectivity index (χ3n) is 3.19. The first-order valence-electron chi connectivity index (χ1n) is 7.11. The Kier molecular flexibility index (Phi) is 4.83. The second-order valence-electron chi connectivity index (χ2n) is 5.04. The van der Waals surface area contributed by atoms with Gasteiger partial charge in [0.05, 0.1) is 21.4 Å². The average molecular weight is 363 g/mol. The predicted octanol–water partition coefficient (Wildman–Crippen LogP) is 5.72. The molecule has 0 unspecified atom stereocenters. The van der Waals surface area contributed by atoms with E-state index >= 15 is 0 Å². The van der Waals surface area contributed by atoms with E-state index in [0.29, 0.717) is 32.9 Å². The largest absolute Gasteiger partial charge is 0.338 e. The summed E-state index contributed by atoms with van der Waals surface area (Å²) in [6.07, 6.45) is 0. The molecule has 24 heavy (non-hydrogen) atoms. The molecule has 2 N–H and O–H groups in total. The van der Waals surface area contributed by atoms with Gasteiger partial charge in [0.1, 0.15) is 11.6 Å². The number of anilines is 4. The van der Waals surface area contributed by atoms with E-state index < -0.39 is 0 Å². The Bertz CT molecular complexity index is 866. The number of nitrogens with zero attached hydrogens (tertiary/aromatic N) is 2. The lowest BCUT2D eigenvalue weighted by Gasteiger charge is -2.12. The molecule has 3 rings (SSSR count). The van der Waals surface area contributed by atoms with Gasteiger partial charge < -0.3 is 10.6 Å². The Morgan fingerprint density at radius 3 is 2.33 bits per heavy atom. The zero-order valence-corrected chi connectivity index (χ0v) is 14.2. The lowest BCUT2D eigenvalue weighted by atomic mass is 10.3. The number of para-hydroxylation sites is 2. The van der Waals surface area contributed by atoms with E-state index in [2.05, 4.69) is 20.6 Å². The molecule has 4 nitrogen and oxygen atoms in total. The molecule has 0 spiro atoms. The third kappa shape index (κ3) is 3.75. The number of benzene rings is 2. The molecular weight excluding hydrogens is 350 g/mol. The van der Waals surface area contributed by atoms with Crippen LogP contribution < -0.4 is 10.6 Å². The van der Waals surface area contributed by atoms with Gasteiger partial charge in [-0.05, 0) is 31.2 Å². The Hall–Kier alpha value is -2.37. The van der Waals surface area contributed by atoms with Crippen molar-refractivity contribution < 1.29 is 4.39 Å².